The first-order chi connectivity index (χ1) is 12.3. The lowest BCUT2D eigenvalue weighted by atomic mass is 10.1. The Labute approximate surface area is 163 Å². The number of methoxy groups -OCH3 is 1. The number of pyridine rings is 1. The maximum atomic E-state index is 12.9. The van der Waals surface area contributed by atoms with Gasteiger partial charge in [-0.25, -0.2) is 9.78 Å². The van der Waals surface area contributed by atoms with Gasteiger partial charge in [-0.1, -0.05) is 37.9 Å². The first kappa shape index (κ1) is 18.7. The zero-order chi connectivity index (χ0) is 19.1. The highest BCUT2D eigenvalue weighted by Crippen LogP contribution is 2.52. The minimum absolute atomic E-state index is 0.0975. The molecule has 0 unspecified atom stereocenters. The maximum Gasteiger partial charge on any atom is 0.387 e. The number of alkyl halides is 4. The molecule has 0 spiro atoms. The molecule has 0 saturated carbocycles. The van der Waals surface area contributed by atoms with Crippen LogP contribution in [-0.4, -0.2) is 30.6 Å². The van der Waals surface area contributed by atoms with Crippen molar-refractivity contribution >= 4 is 55.2 Å². The Bertz CT molecular complexity index is 892. The molecule has 2 heterocycles. The predicted molar refractivity (Wildman–Crippen MR) is 95.3 cm³/mol. The quantitative estimate of drug-likeness (QED) is 0.476. The van der Waals surface area contributed by atoms with E-state index < -0.39 is 21.7 Å². The smallest absolute Gasteiger partial charge is 0.387 e. The van der Waals surface area contributed by atoms with Gasteiger partial charge in [0, 0.05) is 17.8 Å². The fourth-order valence-electron chi connectivity index (χ4n) is 2.49. The third-order valence-corrected chi connectivity index (χ3v) is 5.14. The molecule has 0 aliphatic carbocycles. The van der Waals surface area contributed by atoms with E-state index in [0.29, 0.717) is 5.56 Å². The number of rotatable bonds is 4. The van der Waals surface area contributed by atoms with E-state index in [1.807, 2.05) is 0 Å². The largest absolute Gasteiger partial charge is 0.465 e. The van der Waals surface area contributed by atoms with E-state index in [2.05, 4.69) is 46.3 Å². The van der Waals surface area contributed by atoms with Crippen molar-refractivity contribution in [3.05, 3.63) is 47.7 Å². The van der Waals surface area contributed by atoms with Crippen molar-refractivity contribution < 1.29 is 27.8 Å². The molecule has 0 fully saturated rings. The summed E-state index contributed by atoms with van der Waals surface area (Å²) < 4.78 is 32.6. The number of carbonyl (C=O) groups is 2. The number of esters is 1. The van der Waals surface area contributed by atoms with Gasteiger partial charge in [0.1, 0.15) is 11.6 Å². The summed E-state index contributed by atoms with van der Waals surface area (Å²) in [6.07, 6.45) is 1.27. The van der Waals surface area contributed by atoms with Crippen LogP contribution in [0.2, 0.25) is 0 Å². The zero-order valence-electron chi connectivity index (χ0n) is 13.1. The molecule has 1 aliphatic rings. The van der Waals surface area contributed by atoms with Gasteiger partial charge in [-0.3, -0.25) is 9.69 Å². The summed E-state index contributed by atoms with van der Waals surface area (Å²) in [5.74, 6) is -0.921. The molecule has 0 bridgehead atoms. The standard InChI is InChI=1S/C16H10Br2F2N2O4/c1-25-13(23)8-5-11-12(21-7-8)22(14(24)16(11,17)18)9-3-2-4-10(6-9)26-15(19)20/h2-7,15H,1H3. The lowest BCUT2D eigenvalue weighted by Gasteiger charge is -2.18. The second kappa shape index (κ2) is 6.92. The molecule has 1 aromatic carbocycles. The normalized spacial score (nSPS) is 15.2. The number of hydrogen-bond acceptors (Lipinski definition) is 5. The fraction of sp³-hybridized carbons (Fsp3) is 0.188. The lowest BCUT2D eigenvalue weighted by molar-refractivity contribution is -0.117. The fourth-order valence-corrected chi connectivity index (χ4v) is 3.42. The third kappa shape index (κ3) is 3.18. The van der Waals surface area contributed by atoms with E-state index in [1.165, 1.54) is 42.5 Å². The molecule has 1 aromatic heterocycles. The van der Waals surface area contributed by atoms with E-state index in [9.17, 15) is 18.4 Å². The molecule has 26 heavy (non-hydrogen) atoms. The molecular formula is C16H10Br2F2N2O4. The van der Waals surface area contributed by atoms with Crippen LogP contribution >= 0.6 is 31.9 Å². The van der Waals surface area contributed by atoms with E-state index in [4.69, 9.17) is 0 Å². The average molecular weight is 492 g/mol. The van der Waals surface area contributed by atoms with Gasteiger partial charge < -0.3 is 9.47 Å². The predicted octanol–water partition coefficient (Wildman–Crippen LogP) is 4.09. The Morgan fingerprint density at radius 1 is 1.31 bits per heavy atom. The molecular weight excluding hydrogens is 482 g/mol. The van der Waals surface area contributed by atoms with Crippen LogP contribution in [0.3, 0.4) is 0 Å². The number of aromatic nitrogens is 1. The summed E-state index contributed by atoms with van der Waals surface area (Å²) in [5, 5.41) is 0. The first-order valence-electron chi connectivity index (χ1n) is 7.11. The molecule has 0 N–H and O–H groups in total. The zero-order valence-corrected chi connectivity index (χ0v) is 16.3. The Hall–Kier alpha value is -2.07. The second-order valence-electron chi connectivity index (χ2n) is 5.18. The second-order valence-corrected chi connectivity index (χ2v) is 8.62. The molecule has 10 heteroatoms. The van der Waals surface area contributed by atoms with Crippen molar-refractivity contribution in [3.63, 3.8) is 0 Å². The van der Waals surface area contributed by atoms with Crippen molar-refractivity contribution in [3.8, 4) is 5.75 Å². The van der Waals surface area contributed by atoms with Crippen molar-refractivity contribution in [1.29, 1.82) is 0 Å². The summed E-state index contributed by atoms with van der Waals surface area (Å²) >= 11 is 6.58. The van der Waals surface area contributed by atoms with Gasteiger partial charge in [0.05, 0.1) is 18.4 Å². The van der Waals surface area contributed by atoms with Gasteiger partial charge in [0.25, 0.3) is 5.91 Å². The number of hydrogen-bond donors (Lipinski definition) is 0. The Morgan fingerprint density at radius 2 is 2.04 bits per heavy atom. The molecule has 1 aliphatic heterocycles. The number of halogens is 4. The van der Waals surface area contributed by atoms with Crippen LogP contribution in [0.25, 0.3) is 0 Å². The van der Waals surface area contributed by atoms with Crippen LogP contribution in [-0.2, 0) is 12.8 Å². The van der Waals surface area contributed by atoms with E-state index in [1.54, 1.807) is 6.07 Å². The molecule has 3 rings (SSSR count). The molecule has 0 saturated heterocycles. The lowest BCUT2D eigenvalue weighted by Crippen LogP contribution is -2.29. The number of carbonyl (C=O) groups excluding carboxylic acids is 2. The van der Waals surface area contributed by atoms with Crippen LogP contribution in [0.5, 0.6) is 5.75 Å². The number of anilines is 2. The van der Waals surface area contributed by atoms with E-state index >= 15 is 0 Å². The van der Waals surface area contributed by atoms with Gasteiger partial charge in [-0.05, 0) is 18.2 Å². The van der Waals surface area contributed by atoms with Crippen LogP contribution in [0.1, 0.15) is 15.9 Å². The van der Waals surface area contributed by atoms with Crippen molar-refractivity contribution in [2.45, 2.75) is 9.85 Å². The topological polar surface area (TPSA) is 68.7 Å². The monoisotopic (exact) mass is 490 g/mol. The molecule has 136 valence electrons. The number of benzene rings is 1. The van der Waals surface area contributed by atoms with Crippen LogP contribution in [0, 0.1) is 0 Å². The van der Waals surface area contributed by atoms with Gasteiger partial charge in [0.15, 0.2) is 3.23 Å². The number of fused-ring (bicyclic) bond motifs is 1. The summed E-state index contributed by atoms with van der Waals surface area (Å²) in [5.41, 5.74) is 0.832. The summed E-state index contributed by atoms with van der Waals surface area (Å²) in [4.78, 5) is 30.0. The molecule has 0 radical (unpaired) electrons. The van der Waals surface area contributed by atoms with Gasteiger partial charge in [-0.2, -0.15) is 8.78 Å². The summed E-state index contributed by atoms with van der Waals surface area (Å²) in [6.45, 7) is -2.99. The molecule has 2 aromatic rings. The van der Waals surface area contributed by atoms with Crippen molar-refractivity contribution in [2.75, 3.05) is 12.0 Å². The van der Waals surface area contributed by atoms with Crippen molar-refractivity contribution in [2.24, 2.45) is 0 Å². The SMILES string of the molecule is COC(=O)c1cnc2c(c1)C(Br)(Br)C(=O)N2c1cccc(OC(F)F)c1. The highest BCUT2D eigenvalue weighted by Gasteiger charge is 2.49. The van der Waals surface area contributed by atoms with Crippen LogP contribution in [0.4, 0.5) is 20.3 Å². The van der Waals surface area contributed by atoms with Crippen LogP contribution < -0.4 is 9.64 Å². The third-order valence-electron chi connectivity index (χ3n) is 3.61. The summed E-state index contributed by atoms with van der Waals surface area (Å²) in [7, 11) is 1.23. The Kier molecular flexibility index (Phi) is 4.98. The molecule has 0 atom stereocenters. The van der Waals surface area contributed by atoms with Gasteiger partial charge in [0.2, 0.25) is 0 Å². The number of nitrogens with zero attached hydrogens (tertiary/aromatic N) is 2. The minimum atomic E-state index is -2.99. The maximum absolute atomic E-state index is 12.9. The van der Waals surface area contributed by atoms with E-state index in [0.717, 1.165) is 0 Å². The van der Waals surface area contributed by atoms with E-state index in [-0.39, 0.29) is 22.8 Å². The highest BCUT2D eigenvalue weighted by molar-refractivity contribution is 9.25. The molecule has 6 nitrogen and oxygen atoms in total. The Balaban J connectivity index is 2.09. The van der Waals surface area contributed by atoms with Gasteiger partial charge in [-0.15, -0.1) is 0 Å². The van der Waals surface area contributed by atoms with Gasteiger partial charge >= 0.3 is 12.6 Å². The number of ether oxygens (including phenoxy) is 2. The molecule has 1 amide bonds. The first-order valence-corrected chi connectivity index (χ1v) is 8.70. The minimum Gasteiger partial charge on any atom is -0.465 e. The Morgan fingerprint density at radius 3 is 2.69 bits per heavy atom. The number of amides is 1. The average Bonchev–Trinajstić information content (AvgIpc) is 2.80. The highest BCUT2D eigenvalue weighted by atomic mass is 79.9. The van der Waals surface area contributed by atoms with Crippen molar-refractivity contribution in [1.82, 2.24) is 4.98 Å². The van der Waals surface area contributed by atoms with Crippen LogP contribution in [0.15, 0.2) is 36.5 Å². The summed E-state index contributed by atoms with van der Waals surface area (Å²) in [6, 6.07) is 7.14.